The van der Waals surface area contributed by atoms with Crippen LogP contribution >= 0.6 is 23.1 Å². The van der Waals surface area contributed by atoms with Gasteiger partial charge in [0, 0.05) is 10.8 Å². The maximum Gasteiger partial charge on any atom is 0.261 e. The van der Waals surface area contributed by atoms with Crippen LogP contribution in [0.25, 0.3) is 21.0 Å². The van der Waals surface area contributed by atoms with Crippen LogP contribution in [0.2, 0.25) is 0 Å². The van der Waals surface area contributed by atoms with Crippen LogP contribution in [0.5, 0.6) is 5.75 Å². The van der Waals surface area contributed by atoms with E-state index in [2.05, 4.69) is 9.71 Å². The second-order valence-electron chi connectivity index (χ2n) is 8.61. The Morgan fingerprint density at radius 2 is 1.63 bits per heavy atom. The highest BCUT2D eigenvalue weighted by molar-refractivity contribution is 8.01. The molecule has 5 nitrogen and oxygen atoms in total. The van der Waals surface area contributed by atoms with Crippen LogP contribution in [0.15, 0.2) is 86.9 Å². The number of aryl methyl sites for hydroxylation is 2. The van der Waals surface area contributed by atoms with Crippen LogP contribution in [0.1, 0.15) is 24.0 Å². The van der Waals surface area contributed by atoms with E-state index < -0.39 is 10.0 Å². The van der Waals surface area contributed by atoms with Gasteiger partial charge in [0.05, 0.1) is 25.7 Å². The number of aromatic nitrogens is 1. The normalized spacial score (nSPS) is 13.7. The topological polar surface area (TPSA) is 79.3 Å². The van der Waals surface area contributed by atoms with Crippen molar-refractivity contribution in [3.05, 3.63) is 83.9 Å². The van der Waals surface area contributed by atoms with Crippen molar-refractivity contribution in [1.82, 2.24) is 4.98 Å². The van der Waals surface area contributed by atoms with Gasteiger partial charge in [-0.1, -0.05) is 54.2 Å². The average molecular weight is 519 g/mol. The first kappa shape index (κ1) is 22.4. The summed E-state index contributed by atoms with van der Waals surface area (Å²) in [5.41, 5.74) is 3.68. The number of anilines is 1. The Morgan fingerprint density at radius 3 is 2.46 bits per heavy atom. The van der Waals surface area contributed by atoms with E-state index in [0.29, 0.717) is 21.4 Å². The summed E-state index contributed by atoms with van der Waals surface area (Å²) in [4.78, 5) is 5.46. The molecule has 176 valence electrons. The number of hydrogen-bond acceptors (Lipinski definition) is 6. The first-order chi connectivity index (χ1) is 17.0. The molecule has 0 spiro atoms. The predicted molar refractivity (Wildman–Crippen MR) is 143 cm³/mol. The Kier molecular flexibility index (Phi) is 5.67. The molecular weight excluding hydrogens is 497 g/mol. The molecule has 8 heteroatoms. The molecule has 0 bridgehead atoms. The zero-order valence-electron chi connectivity index (χ0n) is 18.7. The summed E-state index contributed by atoms with van der Waals surface area (Å²) in [6, 6.07) is 22.3. The van der Waals surface area contributed by atoms with Crippen molar-refractivity contribution in [3.63, 3.8) is 0 Å². The van der Waals surface area contributed by atoms with E-state index in [1.165, 1.54) is 28.7 Å². The highest BCUT2D eigenvalue weighted by Crippen LogP contribution is 2.44. The van der Waals surface area contributed by atoms with Gasteiger partial charge in [-0.15, -0.1) is 11.3 Å². The third-order valence-electron chi connectivity index (χ3n) is 6.33. The quantitative estimate of drug-likeness (QED) is 0.245. The minimum atomic E-state index is -3.82. The summed E-state index contributed by atoms with van der Waals surface area (Å²) < 4.78 is 31.5. The van der Waals surface area contributed by atoms with Gasteiger partial charge in [0.15, 0.2) is 4.34 Å². The van der Waals surface area contributed by atoms with Crippen LogP contribution in [0, 0.1) is 0 Å². The molecule has 0 amide bonds. The number of thiazole rings is 1. The SMILES string of the molecule is O=S(=O)(Nc1cc(Sc2nc3ccccc3s2)c(O)c2ccccc12)c1ccc2c(c1)CCCC2. The number of para-hydroxylation sites is 1. The van der Waals surface area contributed by atoms with Crippen molar-refractivity contribution in [3.8, 4) is 5.75 Å². The fraction of sp³-hybridized carbons (Fsp3) is 0.148. The Hall–Kier alpha value is -3.07. The number of phenols is 1. The molecule has 0 atom stereocenters. The molecule has 0 fully saturated rings. The van der Waals surface area contributed by atoms with Gasteiger partial charge in [-0.25, -0.2) is 13.4 Å². The molecule has 0 saturated carbocycles. The molecule has 1 heterocycles. The summed E-state index contributed by atoms with van der Waals surface area (Å²) in [5.74, 6) is 0.113. The summed E-state index contributed by atoms with van der Waals surface area (Å²) in [7, 11) is -3.82. The summed E-state index contributed by atoms with van der Waals surface area (Å²) >= 11 is 2.87. The van der Waals surface area contributed by atoms with Gasteiger partial charge >= 0.3 is 0 Å². The maximum absolute atomic E-state index is 13.4. The molecule has 0 aliphatic heterocycles. The lowest BCUT2D eigenvalue weighted by atomic mass is 9.92. The van der Waals surface area contributed by atoms with Crippen molar-refractivity contribution in [1.29, 1.82) is 0 Å². The predicted octanol–water partition coefficient (Wildman–Crippen LogP) is 6.99. The first-order valence-corrected chi connectivity index (χ1v) is 14.5. The van der Waals surface area contributed by atoms with E-state index in [-0.39, 0.29) is 10.6 Å². The van der Waals surface area contributed by atoms with Crippen LogP contribution in [-0.4, -0.2) is 18.5 Å². The van der Waals surface area contributed by atoms with E-state index in [1.54, 1.807) is 24.3 Å². The molecule has 5 aromatic rings. The first-order valence-electron chi connectivity index (χ1n) is 11.4. The van der Waals surface area contributed by atoms with Crippen molar-refractivity contribution in [2.24, 2.45) is 0 Å². The molecule has 6 rings (SSSR count). The third kappa shape index (κ3) is 4.26. The molecule has 1 aliphatic carbocycles. The number of nitrogens with zero attached hydrogens (tertiary/aromatic N) is 1. The minimum Gasteiger partial charge on any atom is -0.506 e. The van der Waals surface area contributed by atoms with Crippen molar-refractivity contribution < 1.29 is 13.5 Å². The minimum absolute atomic E-state index is 0.113. The van der Waals surface area contributed by atoms with Gasteiger partial charge in [-0.05, 0) is 67.1 Å². The number of benzene rings is 4. The van der Waals surface area contributed by atoms with E-state index in [4.69, 9.17) is 0 Å². The van der Waals surface area contributed by atoms with Crippen LogP contribution in [0.4, 0.5) is 5.69 Å². The number of phenolic OH excluding ortho intramolecular Hbond substituents is 1. The number of nitrogens with one attached hydrogen (secondary N) is 1. The summed E-state index contributed by atoms with van der Waals surface area (Å²) in [6.45, 7) is 0. The Balaban J connectivity index is 1.41. The van der Waals surface area contributed by atoms with E-state index in [9.17, 15) is 13.5 Å². The molecule has 1 aromatic heterocycles. The Bertz CT molecular complexity index is 1660. The van der Waals surface area contributed by atoms with Crippen molar-refractivity contribution >= 4 is 59.8 Å². The Labute approximate surface area is 211 Å². The van der Waals surface area contributed by atoms with Gasteiger partial charge in [0.1, 0.15) is 5.75 Å². The number of aromatic hydroxyl groups is 1. The lowest BCUT2D eigenvalue weighted by Crippen LogP contribution is -2.14. The largest absolute Gasteiger partial charge is 0.506 e. The van der Waals surface area contributed by atoms with E-state index >= 15 is 0 Å². The monoisotopic (exact) mass is 518 g/mol. The molecule has 4 aromatic carbocycles. The summed E-state index contributed by atoms with van der Waals surface area (Å²) in [6.07, 6.45) is 4.13. The molecule has 0 saturated heterocycles. The lowest BCUT2D eigenvalue weighted by Gasteiger charge is -2.18. The van der Waals surface area contributed by atoms with Crippen molar-refractivity contribution in [2.45, 2.75) is 39.8 Å². The van der Waals surface area contributed by atoms with Gasteiger partial charge in [0.25, 0.3) is 10.0 Å². The zero-order valence-corrected chi connectivity index (χ0v) is 21.1. The third-order valence-corrected chi connectivity index (χ3v) is 9.82. The molecule has 35 heavy (non-hydrogen) atoms. The summed E-state index contributed by atoms with van der Waals surface area (Å²) in [5, 5.41) is 12.3. The number of rotatable bonds is 5. The average Bonchev–Trinajstić information content (AvgIpc) is 3.29. The second-order valence-corrected chi connectivity index (χ2v) is 12.6. The lowest BCUT2D eigenvalue weighted by molar-refractivity contribution is 0.469. The molecule has 1 aliphatic rings. The van der Waals surface area contributed by atoms with E-state index in [1.807, 2.05) is 48.5 Å². The van der Waals surface area contributed by atoms with Gasteiger partial charge in [-0.2, -0.15) is 0 Å². The van der Waals surface area contributed by atoms with Crippen LogP contribution in [0.3, 0.4) is 0 Å². The second kappa shape index (κ2) is 8.86. The number of sulfonamides is 1. The van der Waals surface area contributed by atoms with Gasteiger partial charge < -0.3 is 5.11 Å². The molecular formula is C27H22N2O3S3. The van der Waals surface area contributed by atoms with Crippen LogP contribution in [-0.2, 0) is 22.9 Å². The highest BCUT2D eigenvalue weighted by atomic mass is 32.2. The maximum atomic E-state index is 13.4. The molecule has 2 N–H and O–H groups in total. The van der Waals surface area contributed by atoms with Gasteiger partial charge in [-0.3, -0.25) is 4.72 Å². The fourth-order valence-electron chi connectivity index (χ4n) is 4.57. The molecule has 0 radical (unpaired) electrons. The van der Waals surface area contributed by atoms with Crippen molar-refractivity contribution in [2.75, 3.05) is 4.72 Å². The smallest absolute Gasteiger partial charge is 0.261 e. The highest BCUT2D eigenvalue weighted by Gasteiger charge is 2.21. The number of hydrogen-bond donors (Lipinski definition) is 2. The standard InChI is InChI=1S/C27H22N2O3S3/c30-26-21-10-4-3-9-20(21)23(16-25(26)34-27-28-22-11-5-6-12-24(22)33-27)29-35(31,32)19-14-13-17-7-1-2-8-18(17)15-19/h3-6,9-16,29-30H,1-2,7-8H2. The van der Waals surface area contributed by atoms with Crippen LogP contribution < -0.4 is 4.72 Å². The zero-order chi connectivity index (χ0) is 24.0. The fourth-order valence-corrected chi connectivity index (χ4v) is 7.80. The molecule has 0 unspecified atom stereocenters. The van der Waals surface area contributed by atoms with E-state index in [0.717, 1.165) is 45.8 Å². The van der Waals surface area contributed by atoms with Gasteiger partial charge in [0.2, 0.25) is 0 Å². The number of fused-ring (bicyclic) bond motifs is 3. The Morgan fingerprint density at radius 1 is 0.886 bits per heavy atom.